The first-order valence-electron chi connectivity index (χ1n) is 10.3. The third-order valence-corrected chi connectivity index (χ3v) is 6.51. The zero-order valence-corrected chi connectivity index (χ0v) is 18.1. The molecule has 0 aromatic heterocycles. The number of allylic oxidation sites excluding steroid dienone is 1. The number of hydrogen-bond acceptors (Lipinski definition) is 7. The fraction of sp³-hybridized carbons (Fsp3) is 0.208. The maximum atomic E-state index is 14.2. The molecule has 2 aromatic carbocycles. The third kappa shape index (κ3) is 2.39. The summed E-state index contributed by atoms with van der Waals surface area (Å²) in [6.07, 6.45) is 0. The fourth-order valence-electron chi connectivity index (χ4n) is 5.23. The molecule has 1 atom stereocenters. The second kappa shape index (κ2) is 6.86. The van der Waals surface area contributed by atoms with E-state index in [1.165, 1.54) is 30.2 Å². The summed E-state index contributed by atoms with van der Waals surface area (Å²) in [5.74, 6) is -1.72. The Hall–Kier alpha value is -4.27. The van der Waals surface area contributed by atoms with Gasteiger partial charge in [0.25, 0.3) is 5.69 Å². The van der Waals surface area contributed by atoms with E-state index in [0.717, 1.165) is 0 Å². The summed E-state index contributed by atoms with van der Waals surface area (Å²) in [6, 6.07) is 11.0. The average molecular weight is 445 g/mol. The Bertz CT molecular complexity index is 1370. The van der Waals surface area contributed by atoms with E-state index >= 15 is 0 Å². The van der Waals surface area contributed by atoms with Crippen molar-refractivity contribution in [1.82, 2.24) is 5.32 Å². The largest absolute Gasteiger partial charge is 0.466 e. The maximum Gasteiger partial charge on any atom is 0.337 e. The van der Waals surface area contributed by atoms with Crippen LogP contribution in [0.15, 0.2) is 59.3 Å². The molecule has 1 amide bonds. The number of likely N-dealkylation sites (N-methyl/N-ethyl adjacent to an activating group) is 1. The van der Waals surface area contributed by atoms with Crippen LogP contribution in [0.3, 0.4) is 0 Å². The van der Waals surface area contributed by atoms with Gasteiger partial charge in [-0.3, -0.25) is 19.7 Å². The summed E-state index contributed by atoms with van der Waals surface area (Å²) in [6.45, 7) is 3.64. The van der Waals surface area contributed by atoms with Crippen LogP contribution >= 0.6 is 0 Å². The number of carbonyl (C=O) groups is 3. The number of esters is 1. The zero-order chi connectivity index (χ0) is 23.7. The molecule has 1 spiro atoms. The fourth-order valence-corrected chi connectivity index (χ4v) is 5.23. The van der Waals surface area contributed by atoms with Gasteiger partial charge in [0, 0.05) is 52.3 Å². The van der Waals surface area contributed by atoms with Gasteiger partial charge in [-0.05, 0) is 19.9 Å². The molecule has 0 radical (unpaired) electrons. The normalized spacial score (nSPS) is 20.6. The summed E-state index contributed by atoms with van der Waals surface area (Å²) in [5.41, 5.74) is 0.314. The second-order valence-electron chi connectivity index (χ2n) is 8.00. The van der Waals surface area contributed by atoms with Crippen LogP contribution in [0.25, 0.3) is 5.70 Å². The number of fused-ring (bicyclic) bond motifs is 5. The number of nitro benzene ring substituents is 1. The number of amides is 1. The molecule has 166 valence electrons. The number of dihydropyridines is 1. The summed E-state index contributed by atoms with van der Waals surface area (Å²) in [7, 11) is 1.19. The molecule has 0 fully saturated rings. The number of hydrogen-bond donors (Lipinski definition) is 1. The van der Waals surface area contributed by atoms with E-state index in [2.05, 4.69) is 5.32 Å². The predicted molar refractivity (Wildman–Crippen MR) is 118 cm³/mol. The zero-order valence-electron chi connectivity index (χ0n) is 18.1. The third-order valence-electron chi connectivity index (χ3n) is 6.51. The lowest BCUT2D eigenvalue weighted by atomic mass is 9.66. The van der Waals surface area contributed by atoms with Gasteiger partial charge in [-0.1, -0.05) is 24.3 Å². The van der Waals surface area contributed by atoms with Crippen LogP contribution in [0.4, 0.5) is 11.4 Å². The number of nitrogens with one attached hydrogen (secondary N) is 1. The SMILES string of the molecule is CCN1C(=O)C2(C(C(=O)OC)=C(C)NC3=C2C(=O)c2ccccc23)c2cc([N+](=O)[O-])ccc21. The highest BCUT2D eigenvalue weighted by Gasteiger charge is 2.64. The van der Waals surface area contributed by atoms with Gasteiger partial charge in [-0.15, -0.1) is 0 Å². The molecule has 0 saturated carbocycles. The summed E-state index contributed by atoms with van der Waals surface area (Å²) < 4.78 is 5.04. The number of benzene rings is 2. The molecule has 3 aliphatic rings. The van der Waals surface area contributed by atoms with Gasteiger partial charge >= 0.3 is 5.97 Å². The van der Waals surface area contributed by atoms with Crippen LogP contribution in [0.5, 0.6) is 0 Å². The summed E-state index contributed by atoms with van der Waals surface area (Å²) in [4.78, 5) is 53.5. The highest BCUT2D eigenvalue weighted by molar-refractivity contribution is 6.31. The lowest BCUT2D eigenvalue weighted by Crippen LogP contribution is -2.50. The Balaban J connectivity index is 1.94. The molecular weight excluding hydrogens is 426 g/mol. The molecule has 33 heavy (non-hydrogen) atoms. The van der Waals surface area contributed by atoms with E-state index in [4.69, 9.17) is 4.74 Å². The summed E-state index contributed by atoms with van der Waals surface area (Å²) >= 11 is 0. The van der Waals surface area contributed by atoms with Crippen molar-refractivity contribution < 1.29 is 24.0 Å². The number of carbonyl (C=O) groups excluding carboxylic acids is 3. The predicted octanol–water partition coefficient (Wildman–Crippen LogP) is 2.86. The van der Waals surface area contributed by atoms with Crippen molar-refractivity contribution in [2.45, 2.75) is 19.3 Å². The Kier molecular flexibility index (Phi) is 4.29. The minimum absolute atomic E-state index is 0.0485. The summed E-state index contributed by atoms with van der Waals surface area (Å²) in [5, 5.41) is 14.8. The number of nitro groups is 1. The quantitative estimate of drug-likeness (QED) is 0.438. The van der Waals surface area contributed by atoms with Gasteiger partial charge in [0.2, 0.25) is 5.91 Å². The van der Waals surface area contributed by atoms with Gasteiger partial charge < -0.3 is 15.0 Å². The van der Waals surface area contributed by atoms with Gasteiger partial charge in [0.05, 0.1) is 23.3 Å². The van der Waals surface area contributed by atoms with E-state index in [0.29, 0.717) is 28.2 Å². The molecule has 1 aliphatic carbocycles. The molecule has 9 heteroatoms. The van der Waals surface area contributed by atoms with Gasteiger partial charge in [0.15, 0.2) is 5.78 Å². The van der Waals surface area contributed by atoms with E-state index in [-0.39, 0.29) is 28.9 Å². The van der Waals surface area contributed by atoms with Crippen LogP contribution < -0.4 is 10.2 Å². The first kappa shape index (κ1) is 20.6. The number of non-ortho nitro benzene ring substituents is 1. The van der Waals surface area contributed by atoms with Crippen LogP contribution in [0.2, 0.25) is 0 Å². The molecular formula is C24H19N3O6. The smallest absolute Gasteiger partial charge is 0.337 e. The van der Waals surface area contributed by atoms with Crippen molar-refractivity contribution in [3.8, 4) is 0 Å². The minimum Gasteiger partial charge on any atom is -0.466 e. The Labute approximate surface area is 188 Å². The number of anilines is 1. The first-order chi connectivity index (χ1) is 15.8. The average Bonchev–Trinajstić information content (AvgIpc) is 3.22. The molecule has 9 nitrogen and oxygen atoms in total. The van der Waals surface area contributed by atoms with Crippen LogP contribution in [-0.4, -0.2) is 36.2 Å². The molecule has 1 N–H and O–H groups in total. The van der Waals surface area contributed by atoms with E-state index in [9.17, 15) is 24.5 Å². The van der Waals surface area contributed by atoms with Crippen LogP contribution in [0.1, 0.15) is 35.3 Å². The van der Waals surface area contributed by atoms with Crippen molar-refractivity contribution >= 4 is 34.7 Å². The number of methoxy groups -OCH3 is 1. The lowest BCUT2D eigenvalue weighted by molar-refractivity contribution is -0.384. The Morgan fingerprint density at radius 2 is 1.88 bits per heavy atom. The van der Waals surface area contributed by atoms with E-state index in [1.54, 1.807) is 38.1 Å². The topological polar surface area (TPSA) is 119 Å². The number of ether oxygens (including phenoxy) is 1. The van der Waals surface area contributed by atoms with Crippen molar-refractivity contribution in [2.75, 3.05) is 18.6 Å². The van der Waals surface area contributed by atoms with Crippen molar-refractivity contribution in [2.24, 2.45) is 0 Å². The molecule has 2 heterocycles. The maximum absolute atomic E-state index is 14.2. The number of ketones is 1. The molecule has 0 saturated heterocycles. The van der Waals surface area contributed by atoms with Crippen molar-refractivity contribution in [1.29, 1.82) is 0 Å². The Morgan fingerprint density at radius 1 is 1.18 bits per heavy atom. The second-order valence-corrected chi connectivity index (χ2v) is 8.00. The van der Waals surface area contributed by atoms with Gasteiger partial charge in [-0.2, -0.15) is 0 Å². The molecule has 5 rings (SSSR count). The monoisotopic (exact) mass is 445 g/mol. The standard InChI is InChI=1S/C24H19N3O6/c1-4-26-17-10-9-13(27(31)32)11-16(17)24(23(26)30)18(22(29)33-3)12(2)25-20-14-7-5-6-8-15(14)21(28)19(20)24/h5-11,25H,4H2,1-3H3. The van der Waals surface area contributed by atoms with Gasteiger partial charge in [-0.25, -0.2) is 4.79 Å². The molecule has 0 bridgehead atoms. The molecule has 2 aromatic rings. The Morgan fingerprint density at radius 3 is 2.52 bits per heavy atom. The lowest BCUT2D eigenvalue weighted by Gasteiger charge is -2.36. The number of rotatable bonds is 3. The highest BCUT2D eigenvalue weighted by atomic mass is 16.6. The highest BCUT2D eigenvalue weighted by Crippen LogP contribution is 2.57. The van der Waals surface area contributed by atoms with Crippen LogP contribution in [0, 0.1) is 10.1 Å². The molecule has 1 unspecified atom stereocenters. The van der Waals surface area contributed by atoms with E-state index < -0.39 is 28.0 Å². The molecule has 2 aliphatic heterocycles. The van der Waals surface area contributed by atoms with E-state index in [1.807, 2.05) is 0 Å². The number of Topliss-reactive ketones (excluding diaryl/α,β-unsaturated/α-hetero) is 1. The van der Waals surface area contributed by atoms with Crippen molar-refractivity contribution in [3.05, 3.63) is 86.1 Å². The van der Waals surface area contributed by atoms with Crippen molar-refractivity contribution in [3.63, 3.8) is 0 Å². The van der Waals surface area contributed by atoms with Gasteiger partial charge in [0.1, 0.15) is 5.41 Å². The first-order valence-corrected chi connectivity index (χ1v) is 10.3. The number of nitrogens with zero attached hydrogens (tertiary/aromatic N) is 2. The minimum atomic E-state index is -1.87. The van der Waals surface area contributed by atoms with Crippen LogP contribution in [-0.2, 0) is 19.7 Å².